The number of carbonyl (C=O) groups excluding carboxylic acids is 1. The van der Waals surface area contributed by atoms with Crippen LogP contribution in [-0.4, -0.2) is 55.3 Å². The zero-order chi connectivity index (χ0) is 17.2. The molecule has 0 aromatic carbocycles. The maximum atomic E-state index is 10.6. The van der Waals surface area contributed by atoms with Crippen molar-refractivity contribution in [2.45, 2.75) is 47.0 Å². The lowest BCUT2D eigenvalue weighted by molar-refractivity contribution is -0.926. The fraction of sp³-hybridized carbons (Fsp3) is 0.800. The predicted octanol–water partition coefficient (Wildman–Crippen LogP) is 1.60. The van der Waals surface area contributed by atoms with Gasteiger partial charge in [0.15, 0.2) is 0 Å². The molecule has 0 spiro atoms. The van der Waals surface area contributed by atoms with Crippen LogP contribution in [0.15, 0.2) is 11.8 Å². The fourth-order valence-electron chi connectivity index (χ4n) is 2.61. The van der Waals surface area contributed by atoms with E-state index in [-0.39, 0.29) is 11.7 Å². The molecule has 1 N–H and O–H groups in total. The first kappa shape index (κ1) is 21.1. The van der Waals surface area contributed by atoms with Gasteiger partial charge in [0.2, 0.25) is 0 Å². The molecule has 0 fully saturated rings. The highest BCUT2D eigenvalue weighted by Crippen LogP contribution is 2.11. The first-order chi connectivity index (χ1) is 10.2. The molecule has 0 atom stereocenters. The second kappa shape index (κ2) is 9.97. The number of nitrogens with one attached hydrogen (secondary N) is 1. The standard InChI is InChI=1S/C11H25NO3S.C4H5NO/c1-4-8-12(6-3,9-5-2)10-7-11-16(13,14)15;1-3-2-5-4(3)6/h4-11H2,1-3H3;2H,1H3,(H,5,6). The highest BCUT2D eigenvalue weighted by molar-refractivity contribution is 7.85. The van der Waals surface area contributed by atoms with Crippen molar-refractivity contribution in [3.05, 3.63) is 11.8 Å². The van der Waals surface area contributed by atoms with Gasteiger partial charge in [0.1, 0.15) is 0 Å². The molecule has 0 saturated heterocycles. The summed E-state index contributed by atoms with van der Waals surface area (Å²) in [5, 5.41) is 2.46. The van der Waals surface area contributed by atoms with Gasteiger partial charge in [-0.2, -0.15) is 0 Å². The Morgan fingerprint density at radius 1 is 1.14 bits per heavy atom. The van der Waals surface area contributed by atoms with Crippen LogP contribution in [0.4, 0.5) is 0 Å². The van der Waals surface area contributed by atoms with Gasteiger partial charge < -0.3 is 14.4 Å². The van der Waals surface area contributed by atoms with E-state index >= 15 is 0 Å². The predicted molar refractivity (Wildman–Crippen MR) is 87.1 cm³/mol. The van der Waals surface area contributed by atoms with Crippen LogP contribution in [0.3, 0.4) is 0 Å². The maximum absolute atomic E-state index is 10.6. The van der Waals surface area contributed by atoms with Gasteiger partial charge in [0.25, 0.3) is 5.91 Å². The van der Waals surface area contributed by atoms with E-state index in [2.05, 4.69) is 26.1 Å². The van der Waals surface area contributed by atoms with E-state index in [1.807, 2.05) is 0 Å². The molecule has 0 bridgehead atoms. The Kier molecular flexibility index (Phi) is 9.55. The van der Waals surface area contributed by atoms with E-state index in [1.165, 1.54) is 0 Å². The van der Waals surface area contributed by atoms with Gasteiger partial charge in [-0.15, -0.1) is 0 Å². The van der Waals surface area contributed by atoms with Crippen molar-refractivity contribution in [2.24, 2.45) is 0 Å². The molecule has 1 amide bonds. The number of hydrogen-bond donors (Lipinski definition) is 1. The molecule has 0 saturated carbocycles. The molecular formula is C15H30N2O4S. The molecule has 6 nitrogen and oxygen atoms in total. The van der Waals surface area contributed by atoms with Crippen molar-refractivity contribution >= 4 is 16.0 Å². The summed E-state index contributed by atoms with van der Waals surface area (Å²) < 4.78 is 32.6. The number of rotatable bonds is 9. The van der Waals surface area contributed by atoms with Crippen LogP contribution >= 0.6 is 0 Å². The zero-order valence-electron chi connectivity index (χ0n) is 14.2. The van der Waals surface area contributed by atoms with Gasteiger partial charge >= 0.3 is 0 Å². The van der Waals surface area contributed by atoms with Crippen molar-refractivity contribution in [2.75, 3.05) is 31.9 Å². The van der Waals surface area contributed by atoms with Gasteiger partial charge in [0.05, 0.1) is 36.3 Å². The molecule has 1 aliphatic heterocycles. The quantitative estimate of drug-likeness (QED) is 0.512. The summed E-state index contributed by atoms with van der Waals surface area (Å²) in [5.41, 5.74) is 0.815. The molecule has 130 valence electrons. The number of quaternary nitrogens is 1. The van der Waals surface area contributed by atoms with Gasteiger partial charge in [-0.3, -0.25) is 4.79 Å². The van der Waals surface area contributed by atoms with Gasteiger partial charge in [-0.05, 0) is 26.7 Å². The third-order valence-electron chi connectivity index (χ3n) is 3.87. The summed E-state index contributed by atoms with van der Waals surface area (Å²) >= 11 is 0. The maximum Gasteiger partial charge on any atom is 0.252 e. The summed E-state index contributed by atoms with van der Waals surface area (Å²) in [6, 6.07) is 0. The van der Waals surface area contributed by atoms with Crippen LogP contribution in [0.2, 0.25) is 0 Å². The monoisotopic (exact) mass is 334 g/mol. The number of hydrogen-bond acceptors (Lipinski definition) is 4. The van der Waals surface area contributed by atoms with Crippen molar-refractivity contribution in [3.8, 4) is 0 Å². The summed E-state index contributed by atoms with van der Waals surface area (Å²) in [4.78, 5) is 10.1. The topological polar surface area (TPSA) is 86.3 Å². The van der Waals surface area contributed by atoms with E-state index in [4.69, 9.17) is 0 Å². The zero-order valence-corrected chi connectivity index (χ0v) is 15.0. The van der Waals surface area contributed by atoms with Crippen LogP contribution in [-0.2, 0) is 14.9 Å². The lowest BCUT2D eigenvalue weighted by atomic mass is 10.2. The first-order valence-corrected chi connectivity index (χ1v) is 9.53. The minimum absolute atomic E-state index is 0.0509. The summed E-state index contributed by atoms with van der Waals surface area (Å²) in [5.74, 6) is -0.171. The van der Waals surface area contributed by atoms with Crippen molar-refractivity contribution in [3.63, 3.8) is 0 Å². The molecule has 0 radical (unpaired) electrons. The molecule has 0 aromatic rings. The molecule has 1 heterocycles. The summed E-state index contributed by atoms with van der Waals surface area (Å²) in [6.45, 7) is 12.2. The highest BCUT2D eigenvalue weighted by Gasteiger charge is 2.22. The molecule has 0 unspecified atom stereocenters. The fourth-order valence-corrected chi connectivity index (χ4v) is 3.09. The molecule has 1 aliphatic rings. The number of carbonyl (C=O) groups is 1. The van der Waals surface area contributed by atoms with Crippen molar-refractivity contribution in [1.29, 1.82) is 0 Å². The second-order valence-corrected chi connectivity index (χ2v) is 7.27. The minimum atomic E-state index is -4.04. The molecule has 0 aromatic heterocycles. The average molecular weight is 334 g/mol. The third-order valence-corrected chi connectivity index (χ3v) is 4.66. The van der Waals surface area contributed by atoms with Crippen molar-refractivity contribution < 1.29 is 22.2 Å². The number of amides is 1. The van der Waals surface area contributed by atoms with Crippen LogP contribution < -0.4 is 5.32 Å². The van der Waals surface area contributed by atoms with E-state index in [0.717, 1.165) is 49.1 Å². The number of nitrogens with zero attached hydrogens (tertiary/aromatic N) is 1. The lowest BCUT2D eigenvalue weighted by Crippen LogP contribution is -2.50. The van der Waals surface area contributed by atoms with E-state index in [1.54, 1.807) is 13.1 Å². The molecule has 22 heavy (non-hydrogen) atoms. The molecule has 7 heteroatoms. The van der Waals surface area contributed by atoms with Crippen LogP contribution in [0, 0.1) is 0 Å². The van der Waals surface area contributed by atoms with E-state index < -0.39 is 10.1 Å². The summed E-state index contributed by atoms with van der Waals surface area (Å²) in [7, 11) is -4.04. The normalized spacial score (nSPS) is 14.4. The van der Waals surface area contributed by atoms with E-state index in [9.17, 15) is 17.8 Å². The Morgan fingerprint density at radius 2 is 1.64 bits per heavy atom. The molecule has 0 aliphatic carbocycles. The largest absolute Gasteiger partial charge is 0.748 e. The highest BCUT2D eigenvalue weighted by atomic mass is 32.2. The Morgan fingerprint density at radius 3 is 1.86 bits per heavy atom. The average Bonchev–Trinajstić information content (AvgIpc) is 2.45. The molecular weight excluding hydrogens is 304 g/mol. The smallest absolute Gasteiger partial charge is 0.252 e. The van der Waals surface area contributed by atoms with Gasteiger partial charge in [-0.25, -0.2) is 8.42 Å². The lowest BCUT2D eigenvalue weighted by Gasteiger charge is -2.37. The Hall–Kier alpha value is -0.920. The Bertz CT molecular complexity index is 466. The van der Waals surface area contributed by atoms with E-state index in [0.29, 0.717) is 6.42 Å². The van der Waals surface area contributed by atoms with Crippen LogP contribution in [0.1, 0.15) is 47.0 Å². The minimum Gasteiger partial charge on any atom is -0.748 e. The third kappa shape index (κ3) is 8.51. The Balaban J connectivity index is 0.000000604. The van der Waals surface area contributed by atoms with Crippen LogP contribution in [0.5, 0.6) is 0 Å². The van der Waals surface area contributed by atoms with Gasteiger partial charge in [0, 0.05) is 23.9 Å². The van der Waals surface area contributed by atoms with Crippen molar-refractivity contribution in [1.82, 2.24) is 5.32 Å². The van der Waals surface area contributed by atoms with Crippen LogP contribution in [0.25, 0.3) is 0 Å². The summed E-state index contributed by atoms with van der Waals surface area (Å²) in [6.07, 6.45) is 4.36. The Labute approximate surface area is 134 Å². The SMILES string of the molecule is CC1=CNC1=O.CCC[N+](CC)(CCC)CCCS(=O)(=O)[O-]. The molecule has 1 rings (SSSR count). The second-order valence-electron chi connectivity index (χ2n) is 5.74. The van der Waals surface area contributed by atoms with Gasteiger partial charge in [-0.1, -0.05) is 13.8 Å². The first-order valence-electron chi connectivity index (χ1n) is 7.96.